The van der Waals surface area contributed by atoms with Crippen LogP contribution in [0.25, 0.3) is 0 Å². The average Bonchev–Trinajstić information content (AvgIpc) is 1.89. The largest absolute Gasteiger partial charge is 0.246 e. The average molecular weight is 141 g/mol. The van der Waals surface area contributed by atoms with Crippen LogP contribution < -0.4 is 0 Å². The number of thiol groups is 1. The van der Waals surface area contributed by atoms with Crippen LogP contribution in [-0.2, 0) is 6.67 Å². The molecular formula is C7H6FS. The van der Waals surface area contributed by atoms with E-state index in [1.54, 1.807) is 18.2 Å². The topological polar surface area (TPSA) is 0 Å². The lowest BCUT2D eigenvalue weighted by Gasteiger charge is -1.94. The van der Waals surface area contributed by atoms with Crippen LogP contribution in [0.5, 0.6) is 0 Å². The Morgan fingerprint density at radius 1 is 1.67 bits per heavy atom. The standard InChI is InChI=1S/C7H6FS/c8-5-6-3-1-2-4-7(6)9/h1-3,9H,5H2. The van der Waals surface area contributed by atoms with Crippen LogP contribution in [0.3, 0.4) is 0 Å². The molecular weight excluding hydrogens is 135 g/mol. The molecule has 0 unspecified atom stereocenters. The molecule has 0 fully saturated rings. The Balaban J connectivity index is 3.01. The third-order valence-corrected chi connectivity index (χ3v) is 1.48. The van der Waals surface area contributed by atoms with E-state index in [1.807, 2.05) is 0 Å². The second-order valence-corrected chi connectivity index (χ2v) is 2.12. The van der Waals surface area contributed by atoms with Crippen molar-refractivity contribution in [2.24, 2.45) is 0 Å². The van der Waals surface area contributed by atoms with Crippen LogP contribution in [-0.4, -0.2) is 0 Å². The van der Waals surface area contributed by atoms with Crippen LogP contribution in [0.1, 0.15) is 5.56 Å². The SMILES string of the molecule is FCc1ccc[c]c1S. The van der Waals surface area contributed by atoms with Crippen LogP contribution in [0.2, 0.25) is 0 Å². The summed E-state index contributed by atoms with van der Waals surface area (Å²) >= 11 is 3.98. The lowest BCUT2D eigenvalue weighted by Crippen LogP contribution is -1.78. The van der Waals surface area contributed by atoms with E-state index in [4.69, 9.17) is 0 Å². The highest BCUT2D eigenvalue weighted by Gasteiger charge is 1.93. The van der Waals surface area contributed by atoms with E-state index < -0.39 is 6.67 Å². The molecule has 0 saturated carbocycles. The van der Waals surface area contributed by atoms with E-state index in [9.17, 15) is 4.39 Å². The van der Waals surface area contributed by atoms with Crippen molar-refractivity contribution >= 4 is 12.6 Å². The fourth-order valence-corrected chi connectivity index (χ4v) is 0.780. The molecule has 9 heavy (non-hydrogen) atoms. The van der Waals surface area contributed by atoms with Gasteiger partial charge >= 0.3 is 0 Å². The fourth-order valence-electron chi connectivity index (χ4n) is 0.571. The zero-order valence-corrected chi connectivity index (χ0v) is 5.66. The summed E-state index contributed by atoms with van der Waals surface area (Å²) in [6.45, 7) is -0.462. The second-order valence-electron chi connectivity index (χ2n) is 1.68. The van der Waals surface area contributed by atoms with Gasteiger partial charge in [-0.3, -0.25) is 0 Å². The lowest BCUT2D eigenvalue weighted by atomic mass is 10.2. The summed E-state index contributed by atoms with van der Waals surface area (Å²) in [6, 6.07) is 7.92. The van der Waals surface area contributed by atoms with Gasteiger partial charge in [-0.15, -0.1) is 12.6 Å². The van der Waals surface area contributed by atoms with Gasteiger partial charge in [0.2, 0.25) is 0 Å². The smallest absolute Gasteiger partial charge is 0.116 e. The first-order chi connectivity index (χ1) is 4.34. The van der Waals surface area contributed by atoms with Gasteiger partial charge in [0.15, 0.2) is 0 Å². The van der Waals surface area contributed by atoms with Crippen LogP contribution in [0.15, 0.2) is 23.1 Å². The molecule has 0 bridgehead atoms. The van der Waals surface area contributed by atoms with Crippen molar-refractivity contribution in [1.82, 2.24) is 0 Å². The summed E-state index contributed by atoms with van der Waals surface area (Å²) in [7, 11) is 0. The van der Waals surface area contributed by atoms with Gasteiger partial charge in [0, 0.05) is 4.90 Å². The van der Waals surface area contributed by atoms with Gasteiger partial charge in [0.05, 0.1) is 0 Å². The minimum atomic E-state index is -0.462. The molecule has 2 heteroatoms. The van der Waals surface area contributed by atoms with E-state index in [0.717, 1.165) is 0 Å². The Labute approximate surface area is 59.1 Å². The first-order valence-corrected chi connectivity index (χ1v) is 3.04. The van der Waals surface area contributed by atoms with Crippen molar-refractivity contribution in [3.63, 3.8) is 0 Å². The van der Waals surface area contributed by atoms with Crippen LogP contribution in [0, 0.1) is 6.07 Å². The molecule has 0 aliphatic carbocycles. The van der Waals surface area contributed by atoms with Crippen molar-refractivity contribution in [3.8, 4) is 0 Å². The molecule has 0 atom stereocenters. The summed E-state index contributed by atoms with van der Waals surface area (Å²) in [4.78, 5) is 0.597. The number of benzene rings is 1. The molecule has 0 nitrogen and oxygen atoms in total. The normalized spacial score (nSPS) is 9.56. The van der Waals surface area contributed by atoms with Crippen molar-refractivity contribution in [1.29, 1.82) is 0 Å². The van der Waals surface area contributed by atoms with Gasteiger partial charge in [0.25, 0.3) is 0 Å². The monoisotopic (exact) mass is 141 g/mol. The van der Waals surface area contributed by atoms with Crippen LogP contribution in [0.4, 0.5) is 4.39 Å². The summed E-state index contributed by atoms with van der Waals surface area (Å²) in [5, 5.41) is 0. The maximum atomic E-state index is 11.9. The third kappa shape index (κ3) is 1.45. The van der Waals surface area contributed by atoms with Gasteiger partial charge in [0.1, 0.15) is 6.67 Å². The van der Waals surface area contributed by atoms with E-state index in [1.165, 1.54) is 0 Å². The predicted octanol–water partition coefficient (Wildman–Crippen LogP) is 2.24. The first kappa shape index (κ1) is 6.62. The Bertz CT molecular complexity index is 198. The van der Waals surface area contributed by atoms with Crippen molar-refractivity contribution in [2.75, 3.05) is 0 Å². The number of hydrogen-bond acceptors (Lipinski definition) is 1. The molecule has 1 aromatic rings. The first-order valence-electron chi connectivity index (χ1n) is 2.59. The summed E-state index contributed by atoms with van der Waals surface area (Å²) < 4.78 is 11.9. The maximum Gasteiger partial charge on any atom is 0.116 e. The van der Waals surface area contributed by atoms with E-state index >= 15 is 0 Å². The number of alkyl halides is 1. The molecule has 0 N–H and O–H groups in total. The zero-order valence-electron chi connectivity index (χ0n) is 4.76. The highest BCUT2D eigenvalue weighted by molar-refractivity contribution is 7.80. The third-order valence-electron chi connectivity index (χ3n) is 1.06. The molecule has 47 valence electrons. The fraction of sp³-hybridized carbons (Fsp3) is 0.143. The van der Waals surface area contributed by atoms with Gasteiger partial charge < -0.3 is 0 Å². The molecule has 0 amide bonds. The number of rotatable bonds is 1. The molecule has 1 aromatic carbocycles. The minimum Gasteiger partial charge on any atom is -0.246 e. The molecule has 0 aromatic heterocycles. The zero-order chi connectivity index (χ0) is 6.69. The van der Waals surface area contributed by atoms with Gasteiger partial charge in [-0.1, -0.05) is 18.2 Å². The minimum absolute atomic E-state index is 0.462. The van der Waals surface area contributed by atoms with Crippen molar-refractivity contribution < 1.29 is 4.39 Å². The second kappa shape index (κ2) is 2.87. The predicted molar refractivity (Wildman–Crippen MR) is 37.3 cm³/mol. The number of hydrogen-bond donors (Lipinski definition) is 1. The Kier molecular flexibility index (Phi) is 2.11. The molecule has 0 spiro atoms. The Hall–Kier alpha value is -0.500. The lowest BCUT2D eigenvalue weighted by molar-refractivity contribution is 0.480. The molecule has 0 heterocycles. The quantitative estimate of drug-likeness (QED) is 0.570. The van der Waals surface area contributed by atoms with E-state index in [-0.39, 0.29) is 0 Å². The summed E-state index contributed by atoms with van der Waals surface area (Å²) in [5.41, 5.74) is 0.598. The molecule has 1 rings (SSSR count). The Morgan fingerprint density at radius 2 is 2.44 bits per heavy atom. The van der Waals surface area contributed by atoms with Crippen molar-refractivity contribution in [2.45, 2.75) is 11.6 Å². The maximum absolute atomic E-state index is 11.9. The molecule has 0 aliphatic rings. The highest BCUT2D eigenvalue weighted by Crippen LogP contribution is 2.12. The summed E-state index contributed by atoms with van der Waals surface area (Å²) in [6.07, 6.45) is 0. The van der Waals surface area contributed by atoms with Gasteiger partial charge in [-0.05, 0) is 11.6 Å². The van der Waals surface area contributed by atoms with Gasteiger partial charge in [-0.25, -0.2) is 4.39 Å². The highest BCUT2D eigenvalue weighted by atomic mass is 32.1. The van der Waals surface area contributed by atoms with Gasteiger partial charge in [-0.2, -0.15) is 0 Å². The number of halogens is 1. The van der Waals surface area contributed by atoms with Crippen molar-refractivity contribution in [3.05, 3.63) is 29.8 Å². The molecule has 1 radical (unpaired) electrons. The van der Waals surface area contributed by atoms with E-state index in [0.29, 0.717) is 10.5 Å². The summed E-state index contributed by atoms with van der Waals surface area (Å²) in [5.74, 6) is 0. The van der Waals surface area contributed by atoms with E-state index in [2.05, 4.69) is 18.7 Å². The molecule has 0 aliphatic heterocycles. The molecule has 0 saturated heterocycles. The van der Waals surface area contributed by atoms with Crippen LogP contribution >= 0.6 is 12.6 Å². The Morgan fingerprint density at radius 3 is 2.89 bits per heavy atom.